The van der Waals surface area contributed by atoms with Crippen molar-refractivity contribution < 1.29 is 17.9 Å². The van der Waals surface area contributed by atoms with Gasteiger partial charge < -0.3 is 10.5 Å². The molecular weight excluding hydrogens is 279 g/mol. The Morgan fingerprint density at radius 1 is 1.29 bits per heavy atom. The molecule has 2 rings (SSSR count). The van der Waals surface area contributed by atoms with Gasteiger partial charge in [-0.25, -0.2) is 0 Å². The number of hydrogen-bond donors (Lipinski definition) is 1. The SMILES string of the molecule is CCC1CCCC(Oc2ccc(C(F)(F)F)cc2CN)C1. The molecule has 2 atom stereocenters. The fourth-order valence-electron chi connectivity index (χ4n) is 2.93. The molecular formula is C16H22F3NO. The lowest BCUT2D eigenvalue weighted by atomic mass is 9.85. The lowest BCUT2D eigenvalue weighted by Gasteiger charge is -2.29. The van der Waals surface area contributed by atoms with Crippen molar-refractivity contribution in [1.29, 1.82) is 0 Å². The summed E-state index contributed by atoms with van der Waals surface area (Å²) in [6.45, 7) is 2.21. The van der Waals surface area contributed by atoms with Gasteiger partial charge in [0.25, 0.3) is 0 Å². The monoisotopic (exact) mass is 301 g/mol. The van der Waals surface area contributed by atoms with Gasteiger partial charge in [0.2, 0.25) is 0 Å². The molecule has 1 aromatic carbocycles. The maximum atomic E-state index is 12.7. The summed E-state index contributed by atoms with van der Waals surface area (Å²) in [5.74, 6) is 1.15. The fourth-order valence-corrected chi connectivity index (χ4v) is 2.93. The summed E-state index contributed by atoms with van der Waals surface area (Å²) >= 11 is 0. The van der Waals surface area contributed by atoms with Gasteiger partial charge in [-0.05, 0) is 43.4 Å². The van der Waals surface area contributed by atoms with Crippen LogP contribution in [0.25, 0.3) is 0 Å². The molecule has 1 aliphatic rings. The minimum atomic E-state index is -4.35. The van der Waals surface area contributed by atoms with E-state index in [-0.39, 0.29) is 12.6 Å². The quantitative estimate of drug-likeness (QED) is 0.888. The van der Waals surface area contributed by atoms with Gasteiger partial charge >= 0.3 is 6.18 Å². The van der Waals surface area contributed by atoms with E-state index in [0.29, 0.717) is 17.2 Å². The third-order valence-electron chi connectivity index (χ3n) is 4.21. The van der Waals surface area contributed by atoms with Crippen LogP contribution in [0.3, 0.4) is 0 Å². The Morgan fingerprint density at radius 2 is 2.05 bits per heavy atom. The maximum Gasteiger partial charge on any atom is 0.416 e. The van der Waals surface area contributed by atoms with E-state index in [2.05, 4.69) is 6.92 Å². The molecule has 1 saturated carbocycles. The highest BCUT2D eigenvalue weighted by molar-refractivity contribution is 5.38. The zero-order valence-corrected chi connectivity index (χ0v) is 12.2. The molecule has 0 heterocycles. The first-order chi connectivity index (χ1) is 9.94. The fraction of sp³-hybridized carbons (Fsp3) is 0.625. The van der Waals surface area contributed by atoms with E-state index in [0.717, 1.165) is 37.8 Å². The molecule has 5 heteroatoms. The molecule has 0 radical (unpaired) electrons. The maximum absolute atomic E-state index is 12.7. The van der Waals surface area contributed by atoms with Gasteiger partial charge in [0.15, 0.2) is 0 Å². The van der Waals surface area contributed by atoms with Gasteiger partial charge in [0.05, 0.1) is 11.7 Å². The Labute approximate surface area is 123 Å². The van der Waals surface area contributed by atoms with Crippen LogP contribution in [0.4, 0.5) is 13.2 Å². The predicted octanol–water partition coefficient (Wildman–Crippen LogP) is 4.51. The molecule has 0 bridgehead atoms. The highest BCUT2D eigenvalue weighted by Crippen LogP contribution is 2.34. The van der Waals surface area contributed by atoms with Crippen LogP contribution in [0.2, 0.25) is 0 Å². The molecule has 0 aliphatic heterocycles. The van der Waals surface area contributed by atoms with E-state index < -0.39 is 11.7 Å². The Kier molecular flexibility index (Phi) is 5.14. The third kappa shape index (κ3) is 4.13. The number of rotatable bonds is 4. The first kappa shape index (κ1) is 16.1. The molecule has 1 aliphatic carbocycles. The second kappa shape index (κ2) is 6.69. The summed E-state index contributed by atoms with van der Waals surface area (Å²) in [7, 11) is 0. The van der Waals surface area contributed by atoms with Crippen LogP contribution in [-0.2, 0) is 12.7 Å². The summed E-state index contributed by atoms with van der Waals surface area (Å²) in [6.07, 6.45) is 1.13. The summed E-state index contributed by atoms with van der Waals surface area (Å²) in [4.78, 5) is 0. The lowest BCUT2D eigenvalue weighted by molar-refractivity contribution is -0.137. The standard InChI is InChI=1S/C16H22F3NO/c1-2-11-4-3-5-14(8-11)21-15-7-6-13(16(17,18)19)9-12(15)10-20/h6-7,9,11,14H,2-5,8,10,20H2,1H3. The van der Waals surface area contributed by atoms with Crippen LogP contribution in [0.1, 0.15) is 50.2 Å². The molecule has 2 nitrogen and oxygen atoms in total. The lowest BCUT2D eigenvalue weighted by Crippen LogP contribution is -2.25. The van der Waals surface area contributed by atoms with Gasteiger partial charge in [-0.15, -0.1) is 0 Å². The molecule has 1 aromatic rings. The number of nitrogens with two attached hydrogens (primary N) is 1. The van der Waals surface area contributed by atoms with E-state index in [1.54, 1.807) is 0 Å². The van der Waals surface area contributed by atoms with E-state index in [1.165, 1.54) is 12.5 Å². The first-order valence-corrected chi connectivity index (χ1v) is 7.50. The first-order valence-electron chi connectivity index (χ1n) is 7.50. The van der Waals surface area contributed by atoms with Crippen LogP contribution < -0.4 is 10.5 Å². The Hall–Kier alpha value is -1.23. The zero-order chi connectivity index (χ0) is 15.5. The summed E-state index contributed by atoms with van der Waals surface area (Å²) in [5.41, 5.74) is 5.32. The van der Waals surface area contributed by atoms with Crippen molar-refractivity contribution >= 4 is 0 Å². The number of halogens is 3. The molecule has 0 saturated heterocycles. The number of ether oxygens (including phenoxy) is 1. The molecule has 118 valence electrons. The highest BCUT2D eigenvalue weighted by atomic mass is 19.4. The highest BCUT2D eigenvalue weighted by Gasteiger charge is 2.31. The van der Waals surface area contributed by atoms with Crippen molar-refractivity contribution in [3.8, 4) is 5.75 Å². The molecule has 0 aromatic heterocycles. The molecule has 2 N–H and O–H groups in total. The Balaban J connectivity index is 2.12. The predicted molar refractivity (Wildman–Crippen MR) is 76.0 cm³/mol. The summed E-state index contributed by atoms with van der Waals surface area (Å²) < 4.78 is 44.1. The molecule has 2 unspecified atom stereocenters. The van der Waals surface area contributed by atoms with Gasteiger partial charge in [0.1, 0.15) is 5.75 Å². The van der Waals surface area contributed by atoms with Gasteiger partial charge in [-0.1, -0.05) is 19.8 Å². The second-order valence-electron chi connectivity index (χ2n) is 5.71. The largest absolute Gasteiger partial charge is 0.490 e. The van der Waals surface area contributed by atoms with Gasteiger partial charge in [0, 0.05) is 12.1 Å². The smallest absolute Gasteiger partial charge is 0.416 e. The third-order valence-corrected chi connectivity index (χ3v) is 4.21. The molecule has 0 amide bonds. The van der Waals surface area contributed by atoms with Crippen LogP contribution in [-0.4, -0.2) is 6.10 Å². The van der Waals surface area contributed by atoms with E-state index in [9.17, 15) is 13.2 Å². The van der Waals surface area contributed by atoms with E-state index in [4.69, 9.17) is 10.5 Å². The minimum absolute atomic E-state index is 0.0448. The van der Waals surface area contributed by atoms with E-state index in [1.807, 2.05) is 0 Å². The average Bonchev–Trinajstić information content (AvgIpc) is 2.46. The number of hydrogen-bond acceptors (Lipinski definition) is 2. The van der Waals surface area contributed by atoms with Crippen LogP contribution in [0, 0.1) is 5.92 Å². The number of alkyl halides is 3. The van der Waals surface area contributed by atoms with E-state index >= 15 is 0 Å². The minimum Gasteiger partial charge on any atom is -0.490 e. The van der Waals surface area contributed by atoms with Crippen molar-refractivity contribution in [3.63, 3.8) is 0 Å². The Bertz CT molecular complexity index is 473. The van der Waals surface area contributed by atoms with Crippen molar-refractivity contribution in [2.24, 2.45) is 11.7 Å². The van der Waals surface area contributed by atoms with Gasteiger partial charge in [-0.3, -0.25) is 0 Å². The summed E-state index contributed by atoms with van der Waals surface area (Å²) in [6, 6.07) is 3.56. The van der Waals surface area contributed by atoms with Crippen molar-refractivity contribution in [2.45, 2.75) is 57.9 Å². The second-order valence-corrected chi connectivity index (χ2v) is 5.71. The van der Waals surface area contributed by atoms with Gasteiger partial charge in [-0.2, -0.15) is 13.2 Å². The van der Waals surface area contributed by atoms with Crippen LogP contribution in [0.5, 0.6) is 5.75 Å². The molecule has 21 heavy (non-hydrogen) atoms. The topological polar surface area (TPSA) is 35.2 Å². The van der Waals surface area contributed by atoms with Crippen molar-refractivity contribution in [1.82, 2.24) is 0 Å². The average molecular weight is 301 g/mol. The van der Waals surface area contributed by atoms with Crippen molar-refractivity contribution in [3.05, 3.63) is 29.3 Å². The van der Waals surface area contributed by atoms with Crippen LogP contribution in [0.15, 0.2) is 18.2 Å². The molecule has 0 spiro atoms. The number of benzene rings is 1. The summed E-state index contributed by atoms with van der Waals surface area (Å²) in [5, 5.41) is 0. The normalized spacial score (nSPS) is 23.1. The van der Waals surface area contributed by atoms with Crippen molar-refractivity contribution in [2.75, 3.05) is 0 Å². The zero-order valence-electron chi connectivity index (χ0n) is 12.2. The Morgan fingerprint density at radius 3 is 2.67 bits per heavy atom. The van der Waals surface area contributed by atoms with Crippen LogP contribution >= 0.6 is 0 Å². The molecule has 1 fully saturated rings.